The molecule has 5 heteroatoms. The fraction of sp³-hybridized carbons (Fsp3) is 0.571. The zero-order valence-corrected chi connectivity index (χ0v) is 12.3. The molecular formula is C14H21NO3S. The third kappa shape index (κ3) is 3.55. The summed E-state index contributed by atoms with van der Waals surface area (Å²) >= 11 is 0. The molecular weight excluding hydrogens is 262 g/mol. The Labute approximate surface area is 115 Å². The van der Waals surface area contributed by atoms with E-state index in [2.05, 4.69) is 4.72 Å². The Bertz CT molecular complexity index is 540. The van der Waals surface area contributed by atoms with Gasteiger partial charge in [0.25, 0.3) is 0 Å². The number of fused-ring (bicyclic) bond motifs is 1. The monoisotopic (exact) mass is 283 g/mol. The second kappa shape index (κ2) is 6.03. The molecule has 0 spiro atoms. The van der Waals surface area contributed by atoms with Crippen LogP contribution in [0.3, 0.4) is 0 Å². The maximum atomic E-state index is 12.2. The van der Waals surface area contributed by atoms with Crippen molar-refractivity contribution in [2.75, 3.05) is 13.7 Å². The van der Waals surface area contributed by atoms with Crippen LogP contribution in [0.5, 0.6) is 0 Å². The summed E-state index contributed by atoms with van der Waals surface area (Å²) in [6.07, 6.45) is 4.25. The third-order valence-corrected chi connectivity index (χ3v) is 5.01. The van der Waals surface area contributed by atoms with Crippen LogP contribution in [0.1, 0.15) is 30.9 Å². The molecule has 0 heterocycles. The maximum absolute atomic E-state index is 12.2. The van der Waals surface area contributed by atoms with E-state index in [1.165, 1.54) is 17.5 Å². The summed E-state index contributed by atoms with van der Waals surface area (Å²) in [6, 6.07) is 5.46. The predicted molar refractivity (Wildman–Crippen MR) is 74.7 cm³/mol. The predicted octanol–water partition coefficient (Wildman–Crippen LogP) is 1.88. The van der Waals surface area contributed by atoms with Crippen LogP contribution < -0.4 is 4.72 Å². The number of methoxy groups -OCH3 is 1. The van der Waals surface area contributed by atoms with E-state index in [4.69, 9.17) is 4.74 Å². The van der Waals surface area contributed by atoms with Crippen molar-refractivity contribution in [3.05, 3.63) is 29.3 Å². The molecule has 1 aliphatic rings. The van der Waals surface area contributed by atoms with E-state index in [-0.39, 0.29) is 12.6 Å². The quantitative estimate of drug-likeness (QED) is 0.897. The Hall–Kier alpha value is -0.910. The van der Waals surface area contributed by atoms with Crippen LogP contribution in [0.15, 0.2) is 23.1 Å². The highest BCUT2D eigenvalue weighted by atomic mass is 32.2. The third-order valence-electron chi connectivity index (χ3n) is 3.59. The molecule has 0 radical (unpaired) electrons. The molecule has 19 heavy (non-hydrogen) atoms. The van der Waals surface area contributed by atoms with Crippen molar-refractivity contribution in [2.45, 2.75) is 43.6 Å². The van der Waals surface area contributed by atoms with Crippen molar-refractivity contribution < 1.29 is 13.2 Å². The van der Waals surface area contributed by atoms with E-state index in [9.17, 15) is 8.42 Å². The number of sulfonamides is 1. The molecule has 0 fully saturated rings. The number of hydrogen-bond donors (Lipinski definition) is 1. The largest absolute Gasteiger partial charge is 0.380 e. The molecule has 0 saturated carbocycles. The molecule has 4 nitrogen and oxygen atoms in total. The zero-order valence-electron chi connectivity index (χ0n) is 11.5. The molecule has 1 atom stereocenters. The van der Waals surface area contributed by atoms with Gasteiger partial charge in [0.05, 0.1) is 11.0 Å². The first-order chi connectivity index (χ1) is 9.03. The minimum absolute atomic E-state index is 0.132. The van der Waals surface area contributed by atoms with E-state index < -0.39 is 10.0 Å². The van der Waals surface area contributed by atoms with Crippen molar-refractivity contribution in [3.8, 4) is 0 Å². The van der Waals surface area contributed by atoms with Gasteiger partial charge in [-0.2, -0.15) is 0 Å². The Morgan fingerprint density at radius 3 is 2.63 bits per heavy atom. The molecule has 1 N–H and O–H groups in total. The number of rotatable bonds is 5. The van der Waals surface area contributed by atoms with Crippen molar-refractivity contribution in [2.24, 2.45) is 0 Å². The minimum Gasteiger partial charge on any atom is -0.380 e. The summed E-state index contributed by atoms with van der Waals surface area (Å²) in [5.74, 6) is 0. The number of nitrogens with one attached hydrogen (secondary N) is 1. The summed E-state index contributed by atoms with van der Waals surface area (Å²) in [7, 11) is -1.86. The van der Waals surface area contributed by atoms with Crippen molar-refractivity contribution in [3.63, 3.8) is 0 Å². The standard InChI is InChI=1S/C14H21NO3S/c1-11(18-2)10-15-19(16,17)14-8-7-12-5-3-4-6-13(12)9-14/h7-9,11,15H,3-6,10H2,1-2H3. The fourth-order valence-electron chi connectivity index (χ4n) is 2.27. The molecule has 2 rings (SSSR count). The van der Waals surface area contributed by atoms with Gasteiger partial charge < -0.3 is 4.74 Å². The van der Waals surface area contributed by atoms with Crippen molar-refractivity contribution in [1.82, 2.24) is 4.72 Å². The summed E-state index contributed by atoms with van der Waals surface area (Å²) in [5.41, 5.74) is 2.46. The molecule has 106 valence electrons. The van der Waals surface area contributed by atoms with E-state index in [1.54, 1.807) is 13.2 Å². The Morgan fingerprint density at radius 1 is 1.26 bits per heavy atom. The van der Waals surface area contributed by atoms with E-state index >= 15 is 0 Å². The molecule has 1 aromatic carbocycles. The maximum Gasteiger partial charge on any atom is 0.240 e. The van der Waals surface area contributed by atoms with Gasteiger partial charge in [-0.25, -0.2) is 13.1 Å². The molecule has 0 bridgehead atoms. The highest BCUT2D eigenvalue weighted by molar-refractivity contribution is 7.89. The van der Waals surface area contributed by atoms with Crippen LogP contribution in [0, 0.1) is 0 Å². The van der Waals surface area contributed by atoms with Gasteiger partial charge in [-0.15, -0.1) is 0 Å². The van der Waals surface area contributed by atoms with Gasteiger partial charge in [-0.3, -0.25) is 0 Å². The second-order valence-corrected chi connectivity index (χ2v) is 6.80. The number of hydrogen-bond acceptors (Lipinski definition) is 3. The summed E-state index contributed by atoms with van der Waals surface area (Å²) < 4.78 is 32.0. The van der Waals surface area contributed by atoms with Crippen LogP contribution >= 0.6 is 0 Å². The Balaban J connectivity index is 2.16. The van der Waals surface area contributed by atoms with Crippen molar-refractivity contribution in [1.29, 1.82) is 0 Å². The van der Waals surface area contributed by atoms with E-state index in [0.717, 1.165) is 19.3 Å². The van der Waals surface area contributed by atoms with E-state index in [1.807, 2.05) is 19.1 Å². The van der Waals surface area contributed by atoms with Crippen LogP contribution in [0.2, 0.25) is 0 Å². The molecule has 1 aliphatic carbocycles. The average molecular weight is 283 g/mol. The normalized spacial score (nSPS) is 16.9. The lowest BCUT2D eigenvalue weighted by Gasteiger charge is -2.17. The van der Waals surface area contributed by atoms with Crippen LogP contribution in [-0.4, -0.2) is 28.2 Å². The topological polar surface area (TPSA) is 55.4 Å². The number of ether oxygens (including phenoxy) is 1. The molecule has 0 aromatic heterocycles. The van der Waals surface area contributed by atoms with Crippen LogP contribution in [-0.2, 0) is 27.6 Å². The SMILES string of the molecule is COC(C)CNS(=O)(=O)c1ccc2c(c1)CCCC2. The average Bonchev–Trinajstić information content (AvgIpc) is 2.44. The first kappa shape index (κ1) is 14.5. The van der Waals surface area contributed by atoms with Crippen LogP contribution in [0.25, 0.3) is 0 Å². The first-order valence-corrected chi connectivity index (χ1v) is 8.15. The number of benzene rings is 1. The van der Waals surface area contributed by atoms with Gasteiger partial charge in [0.1, 0.15) is 0 Å². The highest BCUT2D eigenvalue weighted by Crippen LogP contribution is 2.23. The smallest absolute Gasteiger partial charge is 0.240 e. The second-order valence-electron chi connectivity index (χ2n) is 5.04. The molecule has 0 aliphatic heterocycles. The van der Waals surface area contributed by atoms with Gasteiger partial charge in [-0.1, -0.05) is 6.07 Å². The minimum atomic E-state index is -3.43. The lowest BCUT2D eigenvalue weighted by atomic mass is 9.92. The number of aryl methyl sites for hydroxylation is 2. The molecule has 0 saturated heterocycles. The lowest BCUT2D eigenvalue weighted by molar-refractivity contribution is 0.122. The summed E-state index contributed by atoms with van der Waals surface area (Å²) in [4.78, 5) is 0.358. The van der Waals surface area contributed by atoms with Crippen molar-refractivity contribution >= 4 is 10.0 Å². The van der Waals surface area contributed by atoms with Gasteiger partial charge in [0, 0.05) is 13.7 Å². The summed E-state index contributed by atoms with van der Waals surface area (Å²) in [6.45, 7) is 2.12. The van der Waals surface area contributed by atoms with Crippen LogP contribution in [0.4, 0.5) is 0 Å². The summed E-state index contributed by atoms with van der Waals surface area (Å²) in [5, 5.41) is 0. The van der Waals surface area contributed by atoms with Gasteiger partial charge in [-0.05, 0) is 55.9 Å². The van der Waals surface area contributed by atoms with Gasteiger partial charge >= 0.3 is 0 Å². The van der Waals surface area contributed by atoms with E-state index in [0.29, 0.717) is 4.90 Å². The Kier molecular flexibility index (Phi) is 4.60. The highest BCUT2D eigenvalue weighted by Gasteiger charge is 2.18. The van der Waals surface area contributed by atoms with Gasteiger partial charge in [0.2, 0.25) is 10.0 Å². The zero-order chi connectivity index (χ0) is 13.9. The first-order valence-electron chi connectivity index (χ1n) is 6.67. The fourth-order valence-corrected chi connectivity index (χ4v) is 3.44. The molecule has 0 amide bonds. The molecule has 1 aromatic rings. The lowest BCUT2D eigenvalue weighted by Crippen LogP contribution is -2.31. The van der Waals surface area contributed by atoms with Gasteiger partial charge in [0.15, 0.2) is 0 Å². The Morgan fingerprint density at radius 2 is 1.95 bits per heavy atom. The molecule has 1 unspecified atom stereocenters.